The predicted octanol–water partition coefficient (Wildman–Crippen LogP) is 5.09. The minimum Gasteiger partial charge on any atom is -0.462 e. The lowest BCUT2D eigenvalue weighted by Crippen LogP contribution is -2.13. The van der Waals surface area contributed by atoms with Crippen LogP contribution in [0, 0.1) is 0 Å². The molecule has 0 aromatic carbocycles. The van der Waals surface area contributed by atoms with Crippen molar-refractivity contribution >= 4 is 33.3 Å². The zero-order valence-electron chi connectivity index (χ0n) is 12.1. The summed E-state index contributed by atoms with van der Waals surface area (Å²) in [4.78, 5) is 11.1. The second-order valence-corrected chi connectivity index (χ2v) is 18.2. The topological polar surface area (TPSA) is 26.3 Å². The van der Waals surface area contributed by atoms with Crippen LogP contribution in [0.4, 0.5) is 0 Å². The molecule has 0 aliphatic heterocycles. The third kappa shape index (κ3) is 12.6. The Hall–Kier alpha value is 0.157. The van der Waals surface area contributed by atoms with Gasteiger partial charge in [0.1, 0.15) is 5.57 Å². The summed E-state index contributed by atoms with van der Waals surface area (Å²) in [5, 5.41) is 0. The van der Waals surface area contributed by atoms with Crippen LogP contribution >= 0.6 is 21.8 Å². The summed E-state index contributed by atoms with van der Waals surface area (Å²) in [7, 11) is 0. The molecule has 4 heteroatoms. The molecular weight excluding hydrogens is 355 g/mol. The third-order valence-electron chi connectivity index (χ3n) is 2.75. The Bertz CT molecular complexity index is 259. The first kappa shape index (κ1) is 18.2. The molecule has 0 saturated carbocycles. The quantitative estimate of drug-likeness (QED) is 0.131. The Labute approximate surface area is 126 Å². The predicted molar refractivity (Wildman–Crippen MR) is 89.8 cm³/mol. The number of carbonyl (C=O) groups is 1. The van der Waals surface area contributed by atoms with Crippen LogP contribution in [0.5, 0.6) is 0 Å². The summed E-state index contributed by atoms with van der Waals surface area (Å²) >= 11 is 2.65. The molecule has 0 heterocycles. The summed E-state index contributed by atoms with van der Waals surface area (Å²) in [6.45, 7) is 10.6. The summed E-state index contributed by atoms with van der Waals surface area (Å²) in [6, 6.07) is 1.43. The van der Waals surface area contributed by atoms with Crippen LogP contribution in [0.2, 0.25) is 19.1 Å². The highest BCUT2D eigenvalue weighted by Crippen LogP contribution is 2.21. The summed E-state index contributed by atoms with van der Waals surface area (Å²) < 4.78 is 5.04. The van der Waals surface area contributed by atoms with Crippen LogP contribution in [-0.4, -0.2) is 18.1 Å². The van der Waals surface area contributed by atoms with Crippen molar-refractivity contribution in [1.82, 2.24) is 0 Å². The van der Waals surface area contributed by atoms with Crippen LogP contribution in [0.15, 0.2) is 12.2 Å². The summed E-state index contributed by atoms with van der Waals surface area (Å²) in [6.07, 6.45) is 7.45. The van der Waals surface area contributed by atoms with Gasteiger partial charge in [0.15, 0.2) is 0 Å². The minimum atomic E-state index is -0.858. The average molecular weight is 382 g/mol. The molecule has 0 aliphatic carbocycles. The number of esters is 1. The zero-order valence-corrected chi connectivity index (χ0v) is 15.2. The van der Waals surface area contributed by atoms with E-state index in [0.29, 0.717) is 12.2 Å². The van der Waals surface area contributed by atoms with Crippen molar-refractivity contribution in [3.63, 3.8) is 0 Å². The van der Waals surface area contributed by atoms with E-state index in [2.05, 4.69) is 41.5 Å². The number of rotatable bonds is 10. The lowest BCUT2D eigenvalue weighted by molar-refractivity contribution is -0.139. The van der Waals surface area contributed by atoms with Gasteiger partial charge in [-0.1, -0.05) is 51.8 Å². The molecule has 0 N–H and O–H groups in total. The molecule has 0 radical (unpaired) electrons. The Morgan fingerprint density at radius 2 is 1.61 bits per heavy atom. The lowest BCUT2D eigenvalue weighted by atomic mass is 10.1. The highest BCUT2D eigenvalue weighted by molar-refractivity contribution is 14.1. The van der Waals surface area contributed by atoms with Crippen molar-refractivity contribution in [2.75, 3.05) is 6.61 Å². The molecule has 0 amide bonds. The maximum absolute atomic E-state index is 11.1. The molecule has 2 nitrogen and oxygen atoms in total. The van der Waals surface area contributed by atoms with Gasteiger partial charge in [0, 0.05) is 5.57 Å². The molecule has 18 heavy (non-hydrogen) atoms. The van der Waals surface area contributed by atoms with E-state index in [0.717, 1.165) is 12.8 Å². The second-order valence-electron chi connectivity index (χ2n) is 5.51. The van der Waals surface area contributed by atoms with Gasteiger partial charge in [-0.2, -0.15) is 0 Å². The van der Waals surface area contributed by atoms with Crippen molar-refractivity contribution in [1.29, 1.82) is 0 Å². The summed E-state index contributed by atoms with van der Waals surface area (Å²) in [5.41, 5.74) is -0.371. The van der Waals surface area contributed by atoms with E-state index in [9.17, 15) is 4.79 Å². The van der Waals surface area contributed by atoms with Crippen molar-refractivity contribution in [2.45, 2.75) is 64.6 Å². The monoisotopic (exact) mass is 382 g/mol. The average Bonchev–Trinajstić information content (AvgIpc) is 2.24. The van der Waals surface area contributed by atoms with E-state index >= 15 is 0 Å². The van der Waals surface area contributed by atoms with Crippen molar-refractivity contribution in [2.24, 2.45) is 0 Å². The fraction of sp³-hybridized carbons (Fsp3) is 0.786. The number of unbranched alkanes of at least 4 members (excludes halogenated alkanes) is 5. The number of ether oxygens (including phenoxy) is 1. The first-order chi connectivity index (χ1) is 8.33. The Kier molecular flexibility index (Phi) is 10.1. The van der Waals surface area contributed by atoms with Crippen molar-refractivity contribution < 1.29 is 9.53 Å². The van der Waals surface area contributed by atoms with Gasteiger partial charge in [-0.25, -0.2) is 4.79 Å². The van der Waals surface area contributed by atoms with E-state index in [1.54, 1.807) is 6.92 Å². The highest BCUT2D eigenvalue weighted by atomic mass is 127. The van der Waals surface area contributed by atoms with Crippen LogP contribution in [0.1, 0.15) is 45.4 Å². The maximum Gasteiger partial charge on any atom is 0.333 e. The lowest BCUT2D eigenvalue weighted by Gasteiger charge is -2.12. The van der Waals surface area contributed by atoms with Crippen molar-refractivity contribution in [3.05, 3.63) is 12.2 Å². The fourth-order valence-electron chi connectivity index (χ4n) is 1.64. The minimum absolute atomic E-state index is 0.260. The third-order valence-corrected chi connectivity index (χ3v) is 5.91. The van der Waals surface area contributed by atoms with Gasteiger partial charge >= 0.3 is 5.97 Å². The van der Waals surface area contributed by atoms with Gasteiger partial charge in [0.05, 0.1) is 6.61 Å². The molecule has 106 valence electrons. The number of hydrogen-bond donors (Lipinski definition) is 0. The van der Waals surface area contributed by atoms with E-state index < -0.39 is 5.57 Å². The first-order valence-electron chi connectivity index (χ1n) is 6.84. The van der Waals surface area contributed by atoms with E-state index in [4.69, 9.17) is 4.74 Å². The zero-order chi connectivity index (χ0) is 14.0. The smallest absolute Gasteiger partial charge is 0.333 e. The van der Waals surface area contributed by atoms with Gasteiger partial charge < -0.3 is 4.74 Å². The Morgan fingerprint density at radius 1 is 1.11 bits per heavy atom. The Morgan fingerprint density at radius 3 is 2.11 bits per heavy atom. The van der Waals surface area contributed by atoms with E-state index in [-0.39, 0.29) is 5.97 Å². The molecule has 0 saturated heterocycles. The molecule has 0 spiro atoms. The first-order valence-corrected chi connectivity index (χ1v) is 13.2. The SMILES string of the molecule is C=C(C)C(=O)OCCCCCCCC[Si](C)(C)I. The van der Waals surface area contributed by atoms with E-state index in [1.807, 2.05) is 0 Å². The van der Waals surface area contributed by atoms with Crippen LogP contribution in [0.3, 0.4) is 0 Å². The molecule has 0 aromatic rings. The molecule has 0 rings (SSSR count). The molecule has 0 atom stereocenters. The van der Waals surface area contributed by atoms with Gasteiger partial charge in [0.25, 0.3) is 0 Å². The second kappa shape index (κ2) is 10.0. The molecular formula is C14H27IO2Si. The largest absolute Gasteiger partial charge is 0.462 e. The van der Waals surface area contributed by atoms with Crippen LogP contribution in [0.25, 0.3) is 0 Å². The standard InChI is InChI=1S/C14H27IO2Si/c1-13(2)14(16)17-11-9-7-5-6-8-10-12-18(3,4)15/h1,5-12H2,2-4H3. The van der Waals surface area contributed by atoms with E-state index in [1.165, 1.54) is 31.7 Å². The van der Waals surface area contributed by atoms with Gasteiger partial charge in [0.2, 0.25) is 0 Å². The van der Waals surface area contributed by atoms with Gasteiger partial charge in [-0.15, -0.1) is 21.8 Å². The molecule has 0 unspecified atom stereocenters. The normalized spacial score (nSPS) is 11.3. The number of hydrogen-bond acceptors (Lipinski definition) is 2. The maximum atomic E-state index is 11.1. The van der Waals surface area contributed by atoms with Gasteiger partial charge in [-0.05, 0) is 19.4 Å². The molecule has 0 bridgehead atoms. The van der Waals surface area contributed by atoms with Gasteiger partial charge in [-0.3, -0.25) is 0 Å². The fourth-order valence-corrected chi connectivity index (χ4v) is 3.88. The summed E-state index contributed by atoms with van der Waals surface area (Å²) in [5.74, 6) is -0.260. The highest BCUT2D eigenvalue weighted by Gasteiger charge is 2.14. The number of halogens is 1. The Balaban J connectivity index is 3.22. The van der Waals surface area contributed by atoms with Crippen molar-refractivity contribution in [3.8, 4) is 0 Å². The molecule has 0 fully saturated rings. The number of carbonyl (C=O) groups excluding carboxylic acids is 1. The van der Waals surface area contributed by atoms with Crippen LogP contribution in [-0.2, 0) is 9.53 Å². The molecule has 0 aromatic heterocycles. The molecule has 0 aliphatic rings. The van der Waals surface area contributed by atoms with Crippen LogP contribution < -0.4 is 0 Å².